The first kappa shape index (κ1) is 15.5. The molecular formula is C16H15NO5. The standard InChI is InChI=1S/C16H15NO5/c1-9-6-11(14(19)20)8-16(7-9,15(21)22)13(18)10-2-4-12(17)5-3-10/h2-7H,8,17H2,1H3,(H,19,20)(H,21,22). The van der Waals surface area contributed by atoms with Crippen LogP contribution in [0.4, 0.5) is 5.69 Å². The largest absolute Gasteiger partial charge is 0.480 e. The highest BCUT2D eigenvalue weighted by atomic mass is 16.4. The van der Waals surface area contributed by atoms with E-state index in [0.29, 0.717) is 11.3 Å². The summed E-state index contributed by atoms with van der Waals surface area (Å²) in [5.41, 5.74) is 4.58. The summed E-state index contributed by atoms with van der Waals surface area (Å²) in [6, 6.07) is 5.86. The number of hydrogen-bond acceptors (Lipinski definition) is 4. The van der Waals surface area contributed by atoms with E-state index in [4.69, 9.17) is 10.8 Å². The number of aliphatic carboxylic acids is 2. The fourth-order valence-corrected chi connectivity index (χ4v) is 2.52. The van der Waals surface area contributed by atoms with Gasteiger partial charge in [-0.1, -0.05) is 11.6 Å². The van der Waals surface area contributed by atoms with Gasteiger partial charge in [0, 0.05) is 23.2 Å². The number of nitrogen functional groups attached to an aromatic ring is 1. The first-order valence-corrected chi connectivity index (χ1v) is 6.53. The van der Waals surface area contributed by atoms with Gasteiger partial charge in [-0.15, -0.1) is 0 Å². The maximum absolute atomic E-state index is 12.7. The molecule has 6 heteroatoms. The van der Waals surface area contributed by atoms with Crippen molar-refractivity contribution in [2.45, 2.75) is 13.3 Å². The highest BCUT2D eigenvalue weighted by Gasteiger charge is 2.47. The molecule has 1 atom stereocenters. The summed E-state index contributed by atoms with van der Waals surface area (Å²) in [4.78, 5) is 35.7. The van der Waals surface area contributed by atoms with Gasteiger partial charge in [-0.25, -0.2) is 4.79 Å². The molecule has 0 saturated heterocycles. The molecule has 0 saturated carbocycles. The minimum absolute atomic E-state index is 0.105. The van der Waals surface area contributed by atoms with E-state index in [0.717, 1.165) is 0 Å². The van der Waals surface area contributed by atoms with Gasteiger partial charge < -0.3 is 15.9 Å². The van der Waals surface area contributed by atoms with Crippen LogP contribution in [-0.2, 0) is 9.59 Å². The van der Waals surface area contributed by atoms with Crippen molar-refractivity contribution >= 4 is 23.4 Å². The van der Waals surface area contributed by atoms with Crippen LogP contribution in [0.5, 0.6) is 0 Å². The maximum atomic E-state index is 12.7. The van der Waals surface area contributed by atoms with Crippen LogP contribution in [0.1, 0.15) is 23.7 Å². The van der Waals surface area contributed by atoms with Gasteiger partial charge in [0.1, 0.15) is 0 Å². The Hall–Kier alpha value is -2.89. The van der Waals surface area contributed by atoms with Crippen LogP contribution in [0, 0.1) is 5.41 Å². The normalized spacial score (nSPS) is 20.8. The first-order valence-electron chi connectivity index (χ1n) is 6.53. The number of allylic oxidation sites excluding steroid dienone is 2. The van der Waals surface area contributed by atoms with Gasteiger partial charge in [-0.05, 0) is 37.3 Å². The fraction of sp³-hybridized carbons (Fsp3) is 0.188. The lowest BCUT2D eigenvalue weighted by Crippen LogP contribution is -2.40. The van der Waals surface area contributed by atoms with Crippen molar-refractivity contribution in [1.82, 2.24) is 0 Å². The minimum atomic E-state index is -1.91. The second kappa shape index (κ2) is 5.48. The minimum Gasteiger partial charge on any atom is -0.480 e. The molecule has 0 aliphatic heterocycles. The highest BCUT2D eigenvalue weighted by molar-refractivity contribution is 6.15. The number of anilines is 1. The third-order valence-electron chi connectivity index (χ3n) is 3.58. The van der Waals surface area contributed by atoms with Crippen molar-refractivity contribution in [3.05, 3.63) is 53.1 Å². The number of nitrogens with two attached hydrogens (primary N) is 1. The first-order chi connectivity index (χ1) is 10.3. The molecule has 114 valence electrons. The third kappa shape index (κ3) is 2.63. The predicted octanol–water partition coefficient (Wildman–Crippen LogP) is 1.88. The molecule has 0 bridgehead atoms. The fourth-order valence-electron chi connectivity index (χ4n) is 2.52. The van der Waals surface area contributed by atoms with Crippen LogP contribution in [0.25, 0.3) is 0 Å². The zero-order chi connectivity index (χ0) is 16.5. The quantitative estimate of drug-likeness (QED) is 0.444. The molecule has 0 fully saturated rings. The molecular weight excluding hydrogens is 286 g/mol. The monoisotopic (exact) mass is 301 g/mol. The second-order valence-corrected chi connectivity index (χ2v) is 5.27. The summed E-state index contributed by atoms with van der Waals surface area (Å²) in [5, 5.41) is 18.7. The summed E-state index contributed by atoms with van der Waals surface area (Å²) in [6.45, 7) is 1.57. The van der Waals surface area contributed by atoms with Crippen LogP contribution in [0.15, 0.2) is 47.6 Å². The Kier molecular flexibility index (Phi) is 3.86. The Bertz CT molecular complexity index is 715. The van der Waals surface area contributed by atoms with Crippen LogP contribution in [0.3, 0.4) is 0 Å². The maximum Gasteiger partial charge on any atom is 0.331 e. The molecule has 1 aromatic carbocycles. The van der Waals surface area contributed by atoms with E-state index in [1.54, 1.807) is 6.92 Å². The number of rotatable bonds is 4. The van der Waals surface area contributed by atoms with E-state index in [2.05, 4.69) is 0 Å². The van der Waals surface area contributed by atoms with Gasteiger partial charge in [-0.2, -0.15) is 0 Å². The summed E-state index contributed by atoms with van der Waals surface area (Å²) in [6.07, 6.45) is 2.29. The van der Waals surface area contributed by atoms with Crippen molar-refractivity contribution in [3.8, 4) is 0 Å². The van der Waals surface area contributed by atoms with Crippen molar-refractivity contribution < 1.29 is 24.6 Å². The molecule has 0 spiro atoms. The number of benzene rings is 1. The molecule has 4 N–H and O–H groups in total. The summed E-state index contributed by atoms with van der Waals surface area (Å²) >= 11 is 0. The molecule has 1 unspecified atom stereocenters. The van der Waals surface area contributed by atoms with E-state index in [1.807, 2.05) is 0 Å². The Morgan fingerprint density at radius 3 is 2.23 bits per heavy atom. The van der Waals surface area contributed by atoms with Crippen LogP contribution >= 0.6 is 0 Å². The van der Waals surface area contributed by atoms with Gasteiger partial charge >= 0.3 is 11.9 Å². The lowest BCUT2D eigenvalue weighted by molar-refractivity contribution is -0.143. The number of carboxylic acid groups (broad SMARTS) is 2. The molecule has 6 nitrogen and oxygen atoms in total. The lowest BCUT2D eigenvalue weighted by Gasteiger charge is -2.28. The summed E-state index contributed by atoms with van der Waals surface area (Å²) in [7, 11) is 0. The topological polar surface area (TPSA) is 118 Å². The van der Waals surface area contributed by atoms with E-state index in [9.17, 15) is 19.5 Å². The number of hydrogen-bond donors (Lipinski definition) is 3. The van der Waals surface area contributed by atoms with E-state index in [1.165, 1.54) is 36.4 Å². The van der Waals surface area contributed by atoms with Gasteiger partial charge in [0.25, 0.3) is 0 Å². The lowest BCUT2D eigenvalue weighted by atomic mass is 9.71. The molecule has 0 aromatic heterocycles. The Morgan fingerprint density at radius 2 is 1.73 bits per heavy atom. The van der Waals surface area contributed by atoms with Gasteiger partial charge in [-0.3, -0.25) is 9.59 Å². The SMILES string of the molecule is CC1=CC(C(=O)O)(C(=O)c2ccc(N)cc2)CC(C(=O)O)=C1. The average Bonchev–Trinajstić information content (AvgIpc) is 2.46. The number of carbonyl (C=O) groups is 3. The van der Waals surface area contributed by atoms with Crippen LogP contribution < -0.4 is 5.73 Å². The molecule has 1 aliphatic rings. The third-order valence-corrected chi connectivity index (χ3v) is 3.58. The molecule has 1 aliphatic carbocycles. The Morgan fingerprint density at radius 1 is 1.14 bits per heavy atom. The predicted molar refractivity (Wildman–Crippen MR) is 79.3 cm³/mol. The zero-order valence-corrected chi connectivity index (χ0v) is 11.9. The van der Waals surface area contributed by atoms with E-state index < -0.39 is 29.6 Å². The van der Waals surface area contributed by atoms with Gasteiger partial charge in [0.15, 0.2) is 11.2 Å². The van der Waals surface area contributed by atoms with Gasteiger partial charge in [0.05, 0.1) is 0 Å². The Labute approximate surface area is 126 Å². The average molecular weight is 301 g/mol. The summed E-state index contributed by atoms with van der Waals surface area (Å²) in [5.74, 6) is -3.27. The van der Waals surface area contributed by atoms with Crippen molar-refractivity contribution in [2.24, 2.45) is 5.41 Å². The number of ketones is 1. The molecule has 0 radical (unpaired) electrons. The van der Waals surface area contributed by atoms with Crippen molar-refractivity contribution in [1.29, 1.82) is 0 Å². The smallest absolute Gasteiger partial charge is 0.331 e. The number of Topliss-reactive ketones (excluding diaryl/α,β-unsaturated/α-hetero) is 1. The highest BCUT2D eigenvalue weighted by Crippen LogP contribution is 2.38. The van der Waals surface area contributed by atoms with Crippen molar-refractivity contribution in [2.75, 3.05) is 5.73 Å². The summed E-state index contributed by atoms with van der Waals surface area (Å²) < 4.78 is 0. The molecule has 22 heavy (non-hydrogen) atoms. The second-order valence-electron chi connectivity index (χ2n) is 5.27. The van der Waals surface area contributed by atoms with E-state index >= 15 is 0 Å². The van der Waals surface area contributed by atoms with Crippen molar-refractivity contribution in [3.63, 3.8) is 0 Å². The zero-order valence-electron chi connectivity index (χ0n) is 11.9. The molecule has 2 rings (SSSR count). The van der Waals surface area contributed by atoms with E-state index in [-0.39, 0.29) is 11.1 Å². The Balaban J connectivity index is 2.53. The van der Waals surface area contributed by atoms with Gasteiger partial charge in [0.2, 0.25) is 0 Å². The van der Waals surface area contributed by atoms with Crippen LogP contribution in [-0.4, -0.2) is 27.9 Å². The number of carboxylic acids is 2. The molecule has 0 amide bonds. The van der Waals surface area contributed by atoms with Crippen LogP contribution in [0.2, 0.25) is 0 Å². The molecule has 0 heterocycles. The number of carbonyl (C=O) groups excluding carboxylic acids is 1. The molecule has 1 aromatic rings.